The van der Waals surface area contributed by atoms with Crippen LogP contribution in [0.15, 0.2) is 24.3 Å². The molecule has 27 heavy (non-hydrogen) atoms. The van der Waals surface area contributed by atoms with Crippen LogP contribution in [0.25, 0.3) is 0 Å². The molecule has 1 aromatic rings. The van der Waals surface area contributed by atoms with Gasteiger partial charge in [-0.2, -0.15) is 0 Å². The zero-order valence-electron chi connectivity index (χ0n) is 16.5. The zero-order chi connectivity index (χ0) is 20.0. The van der Waals surface area contributed by atoms with Gasteiger partial charge in [0.2, 0.25) is 5.91 Å². The molecule has 0 bridgehead atoms. The number of likely N-dealkylation sites (tertiary alicyclic amines) is 1. The molecule has 1 aliphatic rings. The minimum absolute atomic E-state index is 0.00893. The van der Waals surface area contributed by atoms with Gasteiger partial charge in [0.05, 0.1) is 12.5 Å². The van der Waals surface area contributed by atoms with E-state index in [9.17, 15) is 14.4 Å². The van der Waals surface area contributed by atoms with Crippen molar-refractivity contribution < 1.29 is 19.1 Å². The summed E-state index contributed by atoms with van der Waals surface area (Å²) in [5, 5.41) is 0. The number of rotatable bonds is 3. The molecule has 1 atom stereocenters. The number of nitrogens with zero attached hydrogens (tertiary/aromatic N) is 1. The quantitative estimate of drug-likeness (QED) is 0.795. The average Bonchev–Trinajstić information content (AvgIpc) is 2.65. The number of nitrogens with one attached hydrogen (secondary N) is 2. The minimum Gasteiger partial charge on any atom is -0.450 e. The Hall–Kier alpha value is -2.57. The summed E-state index contributed by atoms with van der Waals surface area (Å²) >= 11 is 0. The van der Waals surface area contributed by atoms with Crippen LogP contribution in [-0.2, 0) is 14.9 Å². The van der Waals surface area contributed by atoms with Gasteiger partial charge in [0.25, 0.3) is 5.91 Å². The van der Waals surface area contributed by atoms with Crippen molar-refractivity contribution in [1.29, 1.82) is 0 Å². The molecule has 1 saturated heterocycles. The molecule has 1 fully saturated rings. The van der Waals surface area contributed by atoms with E-state index in [0.29, 0.717) is 31.7 Å². The molecule has 2 rings (SSSR count). The number of piperidine rings is 1. The van der Waals surface area contributed by atoms with Crippen LogP contribution in [0.1, 0.15) is 56.5 Å². The molecule has 0 aromatic heterocycles. The summed E-state index contributed by atoms with van der Waals surface area (Å²) in [6.45, 7) is 9.23. The Morgan fingerprint density at radius 2 is 1.81 bits per heavy atom. The molecule has 1 aromatic carbocycles. The summed E-state index contributed by atoms with van der Waals surface area (Å²) in [4.78, 5) is 37.9. The lowest BCUT2D eigenvalue weighted by Crippen LogP contribution is -2.50. The highest BCUT2D eigenvalue weighted by Crippen LogP contribution is 2.22. The van der Waals surface area contributed by atoms with Crippen LogP contribution < -0.4 is 10.9 Å². The van der Waals surface area contributed by atoms with Gasteiger partial charge >= 0.3 is 6.09 Å². The van der Waals surface area contributed by atoms with E-state index >= 15 is 0 Å². The third kappa shape index (κ3) is 5.70. The Kier molecular flexibility index (Phi) is 6.82. The number of ether oxygens (including phenoxy) is 1. The van der Waals surface area contributed by atoms with Gasteiger partial charge in [0, 0.05) is 18.7 Å². The van der Waals surface area contributed by atoms with Crippen LogP contribution >= 0.6 is 0 Å². The van der Waals surface area contributed by atoms with Crippen LogP contribution in [0.2, 0.25) is 0 Å². The second-order valence-electron chi connectivity index (χ2n) is 7.75. The first kappa shape index (κ1) is 20.7. The largest absolute Gasteiger partial charge is 0.450 e. The van der Waals surface area contributed by atoms with E-state index in [4.69, 9.17) is 4.74 Å². The average molecular weight is 375 g/mol. The van der Waals surface area contributed by atoms with E-state index in [1.165, 1.54) is 4.90 Å². The maximum atomic E-state index is 12.3. The molecule has 1 heterocycles. The summed E-state index contributed by atoms with van der Waals surface area (Å²) < 4.78 is 4.98. The smallest absolute Gasteiger partial charge is 0.409 e. The Morgan fingerprint density at radius 1 is 1.15 bits per heavy atom. The lowest BCUT2D eigenvalue weighted by atomic mass is 9.87. The van der Waals surface area contributed by atoms with Gasteiger partial charge in [-0.25, -0.2) is 4.79 Å². The Balaban J connectivity index is 1.87. The lowest BCUT2D eigenvalue weighted by Gasteiger charge is -2.31. The van der Waals surface area contributed by atoms with Crippen LogP contribution in [-0.4, -0.2) is 42.5 Å². The number of carbonyl (C=O) groups is 3. The minimum atomic E-state index is -0.405. The number of carbonyl (C=O) groups excluding carboxylic acids is 3. The van der Waals surface area contributed by atoms with Crippen LogP contribution in [0, 0.1) is 5.92 Å². The maximum Gasteiger partial charge on any atom is 0.409 e. The van der Waals surface area contributed by atoms with Gasteiger partial charge in [-0.3, -0.25) is 20.4 Å². The van der Waals surface area contributed by atoms with E-state index in [0.717, 1.165) is 12.0 Å². The van der Waals surface area contributed by atoms with E-state index < -0.39 is 6.09 Å². The molecule has 0 aliphatic carbocycles. The Labute approximate surface area is 160 Å². The van der Waals surface area contributed by atoms with Gasteiger partial charge in [-0.15, -0.1) is 0 Å². The molecule has 0 radical (unpaired) electrons. The zero-order valence-corrected chi connectivity index (χ0v) is 16.5. The summed E-state index contributed by atoms with van der Waals surface area (Å²) in [5.74, 6) is -1.04. The molecule has 3 amide bonds. The normalized spacial score (nSPS) is 17.2. The second-order valence-corrected chi connectivity index (χ2v) is 7.75. The van der Waals surface area contributed by atoms with Crippen molar-refractivity contribution in [2.45, 2.75) is 46.0 Å². The fourth-order valence-electron chi connectivity index (χ4n) is 2.99. The highest BCUT2D eigenvalue weighted by molar-refractivity contribution is 5.95. The summed E-state index contributed by atoms with van der Waals surface area (Å²) in [6, 6.07) is 7.31. The van der Waals surface area contributed by atoms with Crippen molar-refractivity contribution in [1.82, 2.24) is 15.8 Å². The first-order valence-corrected chi connectivity index (χ1v) is 9.34. The predicted molar refractivity (Wildman–Crippen MR) is 102 cm³/mol. The number of benzene rings is 1. The predicted octanol–water partition coefficient (Wildman–Crippen LogP) is 2.61. The fourth-order valence-corrected chi connectivity index (χ4v) is 2.99. The van der Waals surface area contributed by atoms with E-state index in [1.807, 2.05) is 12.1 Å². The van der Waals surface area contributed by atoms with Gasteiger partial charge in [-0.05, 0) is 42.9 Å². The van der Waals surface area contributed by atoms with Gasteiger partial charge < -0.3 is 9.64 Å². The number of amides is 3. The molecule has 7 nitrogen and oxygen atoms in total. The molecule has 7 heteroatoms. The number of hydrogen-bond donors (Lipinski definition) is 2. The topological polar surface area (TPSA) is 87.7 Å². The molecular formula is C20H29N3O4. The van der Waals surface area contributed by atoms with E-state index in [1.54, 1.807) is 19.1 Å². The highest BCUT2D eigenvalue weighted by Gasteiger charge is 2.29. The van der Waals surface area contributed by atoms with Crippen molar-refractivity contribution in [2.24, 2.45) is 5.92 Å². The van der Waals surface area contributed by atoms with Crippen molar-refractivity contribution in [3.05, 3.63) is 35.4 Å². The standard InChI is InChI=1S/C20H29N3O4/c1-5-27-19(26)23-12-6-7-15(13-23)18(25)22-21-17(24)14-8-10-16(11-9-14)20(2,3)4/h8-11,15H,5-7,12-13H2,1-4H3,(H,21,24)(H,22,25). The van der Waals surface area contributed by atoms with Crippen LogP contribution in [0.5, 0.6) is 0 Å². The second kappa shape index (κ2) is 8.88. The van der Waals surface area contributed by atoms with Crippen LogP contribution in [0.3, 0.4) is 0 Å². The maximum absolute atomic E-state index is 12.3. The van der Waals surface area contributed by atoms with Crippen molar-refractivity contribution in [3.8, 4) is 0 Å². The monoisotopic (exact) mass is 375 g/mol. The molecular weight excluding hydrogens is 346 g/mol. The van der Waals surface area contributed by atoms with Crippen molar-refractivity contribution in [2.75, 3.05) is 19.7 Å². The van der Waals surface area contributed by atoms with Gasteiger partial charge in [0.15, 0.2) is 0 Å². The third-order valence-corrected chi connectivity index (χ3v) is 4.63. The molecule has 0 saturated carbocycles. The first-order valence-electron chi connectivity index (χ1n) is 9.34. The summed E-state index contributed by atoms with van der Waals surface area (Å²) in [7, 11) is 0. The molecule has 0 spiro atoms. The van der Waals surface area contributed by atoms with E-state index in [2.05, 4.69) is 31.6 Å². The van der Waals surface area contributed by atoms with Crippen LogP contribution in [0.4, 0.5) is 4.79 Å². The summed E-state index contributed by atoms with van der Waals surface area (Å²) in [5.41, 5.74) is 6.53. The SMILES string of the molecule is CCOC(=O)N1CCCC(C(=O)NNC(=O)c2ccc(C(C)(C)C)cc2)C1. The van der Waals surface area contributed by atoms with Crippen molar-refractivity contribution in [3.63, 3.8) is 0 Å². The molecule has 2 N–H and O–H groups in total. The van der Waals surface area contributed by atoms with Gasteiger partial charge in [-0.1, -0.05) is 32.9 Å². The first-order chi connectivity index (χ1) is 12.7. The Morgan fingerprint density at radius 3 is 2.41 bits per heavy atom. The molecule has 1 unspecified atom stereocenters. The molecule has 148 valence electrons. The third-order valence-electron chi connectivity index (χ3n) is 4.63. The van der Waals surface area contributed by atoms with E-state index in [-0.39, 0.29) is 23.1 Å². The van der Waals surface area contributed by atoms with Crippen molar-refractivity contribution >= 4 is 17.9 Å². The van der Waals surface area contributed by atoms with Gasteiger partial charge in [0.1, 0.15) is 0 Å². The number of hydrazine groups is 1. The fraction of sp³-hybridized carbons (Fsp3) is 0.550. The summed E-state index contributed by atoms with van der Waals surface area (Å²) in [6.07, 6.45) is 0.981. The molecule has 1 aliphatic heterocycles. The number of hydrogen-bond acceptors (Lipinski definition) is 4. The lowest BCUT2D eigenvalue weighted by molar-refractivity contribution is -0.127. The Bertz CT molecular complexity index is 679. The highest BCUT2D eigenvalue weighted by atomic mass is 16.6.